The van der Waals surface area contributed by atoms with Crippen molar-refractivity contribution in [1.82, 2.24) is 5.32 Å². The van der Waals surface area contributed by atoms with E-state index in [2.05, 4.69) is 19.2 Å². The van der Waals surface area contributed by atoms with Crippen molar-refractivity contribution < 1.29 is 0 Å². The van der Waals surface area contributed by atoms with Crippen molar-refractivity contribution in [2.24, 2.45) is 5.73 Å². The van der Waals surface area contributed by atoms with Crippen LogP contribution in [0.4, 0.5) is 0 Å². The molecule has 1 saturated carbocycles. The Bertz CT molecular complexity index is 150. The van der Waals surface area contributed by atoms with Gasteiger partial charge in [-0.3, -0.25) is 0 Å². The molecule has 0 spiro atoms. The maximum Gasteiger partial charge on any atom is 0.0153 e. The molecule has 1 aliphatic carbocycles. The molecule has 0 aromatic carbocycles. The van der Waals surface area contributed by atoms with Crippen LogP contribution in [0.1, 0.15) is 58.8 Å². The summed E-state index contributed by atoms with van der Waals surface area (Å²) in [7, 11) is 0. The van der Waals surface area contributed by atoms with Crippen LogP contribution in [0.25, 0.3) is 0 Å². The van der Waals surface area contributed by atoms with Crippen molar-refractivity contribution in [1.29, 1.82) is 0 Å². The Hall–Kier alpha value is -0.0800. The minimum absolute atomic E-state index is 0.400. The zero-order valence-corrected chi connectivity index (χ0v) is 9.81. The summed E-state index contributed by atoms with van der Waals surface area (Å²) >= 11 is 0. The Labute approximate surface area is 88.6 Å². The Morgan fingerprint density at radius 3 is 2.50 bits per heavy atom. The third-order valence-corrected chi connectivity index (χ3v) is 3.43. The van der Waals surface area contributed by atoms with Crippen LogP contribution in [0.15, 0.2) is 0 Å². The van der Waals surface area contributed by atoms with Crippen LogP contribution in [0.3, 0.4) is 0 Å². The molecule has 0 amide bonds. The maximum atomic E-state index is 5.97. The summed E-state index contributed by atoms with van der Waals surface area (Å²) in [5.41, 5.74) is 6.39. The normalized spacial score (nSPS) is 22.5. The van der Waals surface area contributed by atoms with Crippen molar-refractivity contribution in [3.8, 4) is 0 Å². The number of hydrogen-bond donors (Lipinski definition) is 2. The zero-order valence-electron chi connectivity index (χ0n) is 9.81. The molecule has 84 valence electrons. The first-order valence-electron chi connectivity index (χ1n) is 6.17. The number of hydrogen-bond acceptors (Lipinski definition) is 2. The van der Waals surface area contributed by atoms with Crippen molar-refractivity contribution in [3.05, 3.63) is 0 Å². The van der Waals surface area contributed by atoms with Crippen molar-refractivity contribution in [3.63, 3.8) is 0 Å². The molecular weight excluding hydrogens is 172 g/mol. The quantitative estimate of drug-likeness (QED) is 0.688. The number of rotatable bonds is 6. The van der Waals surface area contributed by atoms with Crippen molar-refractivity contribution in [2.45, 2.75) is 70.4 Å². The molecule has 0 aromatic heterocycles. The average molecular weight is 198 g/mol. The fraction of sp³-hybridized carbons (Fsp3) is 1.00. The van der Waals surface area contributed by atoms with E-state index in [0.717, 1.165) is 13.0 Å². The Kier molecular flexibility index (Phi) is 4.90. The lowest BCUT2D eigenvalue weighted by atomic mass is 10.00. The highest BCUT2D eigenvalue weighted by molar-refractivity contribution is 4.88. The van der Waals surface area contributed by atoms with Gasteiger partial charge in [-0.25, -0.2) is 0 Å². The van der Waals surface area contributed by atoms with Gasteiger partial charge in [-0.2, -0.15) is 0 Å². The highest BCUT2D eigenvalue weighted by Crippen LogP contribution is 2.28. The molecule has 3 N–H and O–H groups in total. The second-order valence-corrected chi connectivity index (χ2v) is 5.03. The predicted molar refractivity (Wildman–Crippen MR) is 62.4 cm³/mol. The molecule has 1 fully saturated rings. The van der Waals surface area contributed by atoms with E-state index in [-0.39, 0.29) is 0 Å². The van der Waals surface area contributed by atoms with Gasteiger partial charge in [0.2, 0.25) is 0 Å². The van der Waals surface area contributed by atoms with E-state index < -0.39 is 0 Å². The summed E-state index contributed by atoms with van der Waals surface area (Å²) in [5.74, 6) is 0. The summed E-state index contributed by atoms with van der Waals surface area (Å²) in [6.07, 6.45) is 8.97. The molecule has 0 radical (unpaired) electrons. The molecule has 2 nitrogen and oxygen atoms in total. The third-order valence-electron chi connectivity index (χ3n) is 3.43. The summed E-state index contributed by atoms with van der Waals surface area (Å²) < 4.78 is 0. The van der Waals surface area contributed by atoms with E-state index in [9.17, 15) is 0 Å². The molecule has 1 rings (SSSR count). The van der Waals surface area contributed by atoms with Crippen molar-refractivity contribution >= 4 is 0 Å². The molecule has 1 aliphatic rings. The molecule has 1 unspecified atom stereocenters. The van der Waals surface area contributed by atoms with Gasteiger partial charge in [0.15, 0.2) is 0 Å². The molecular formula is C12H26N2. The second kappa shape index (κ2) is 5.72. The van der Waals surface area contributed by atoms with Crippen LogP contribution in [0.2, 0.25) is 0 Å². The van der Waals surface area contributed by atoms with Gasteiger partial charge in [0.1, 0.15) is 0 Å². The molecule has 0 heterocycles. The van der Waals surface area contributed by atoms with E-state index in [1.54, 1.807) is 0 Å². The lowest BCUT2D eigenvalue weighted by Crippen LogP contribution is -2.41. The minimum atomic E-state index is 0.400. The van der Waals surface area contributed by atoms with Crippen molar-refractivity contribution in [2.75, 3.05) is 6.54 Å². The lowest BCUT2D eigenvalue weighted by molar-refractivity contribution is 0.353. The van der Waals surface area contributed by atoms with Gasteiger partial charge in [-0.15, -0.1) is 0 Å². The zero-order chi connectivity index (χ0) is 10.4. The molecule has 0 saturated heterocycles. The number of nitrogens with two attached hydrogens (primary N) is 1. The van der Waals surface area contributed by atoms with Gasteiger partial charge >= 0.3 is 0 Å². The maximum absolute atomic E-state index is 5.97. The Balaban J connectivity index is 2.08. The first-order valence-corrected chi connectivity index (χ1v) is 6.17. The second-order valence-electron chi connectivity index (χ2n) is 5.03. The molecule has 0 bridgehead atoms. The van der Waals surface area contributed by atoms with E-state index in [4.69, 9.17) is 5.73 Å². The fourth-order valence-electron chi connectivity index (χ4n) is 2.41. The first kappa shape index (κ1) is 12.0. The SMILES string of the molecule is CCCC(N)CCNC1(C)CCCC1. The fourth-order valence-corrected chi connectivity index (χ4v) is 2.41. The first-order chi connectivity index (χ1) is 6.66. The highest BCUT2D eigenvalue weighted by atomic mass is 15.0. The minimum Gasteiger partial charge on any atom is -0.328 e. The van der Waals surface area contributed by atoms with Gasteiger partial charge in [-0.1, -0.05) is 26.2 Å². The van der Waals surface area contributed by atoms with E-state index in [1.807, 2.05) is 0 Å². The van der Waals surface area contributed by atoms with Crippen LogP contribution in [0, 0.1) is 0 Å². The van der Waals surface area contributed by atoms with E-state index in [1.165, 1.54) is 38.5 Å². The Morgan fingerprint density at radius 1 is 1.29 bits per heavy atom. The summed E-state index contributed by atoms with van der Waals surface area (Å²) in [6.45, 7) is 5.65. The summed E-state index contributed by atoms with van der Waals surface area (Å²) in [6, 6.07) is 0.400. The van der Waals surface area contributed by atoms with Gasteiger partial charge in [-0.05, 0) is 39.2 Å². The Morgan fingerprint density at radius 2 is 1.93 bits per heavy atom. The third kappa shape index (κ3) is 3.97. The van der Waals surface area contributed by atoms with Gasteiger partial charge in [0, 0.05) is 11.6 Å². The topological polar surface area (TPSA) is 38.0 Å². The molecule has 2 heteroatoms. The smallest absolute Gasteiger partial charge is 0.0153 e. The summed E-state index contributed by atoms with van der Waals surface area (Å²) in [4.78, 5) is 0. The van der Waals surface area contributed by atoms with E-state index >= 15 is 0 Å². The van der Waals surface area contributed by atoms with Gasteiger partial charge < -0.3 is 11.1 Å². The standard InChI is InChI=1S/C12H26N2/c1-3-6-11(13)7-10-14-12(2)8-4-5-9-12/h11,14H,3-10,13H2,1-2H3. The molecule has 0 aliphatic heterocycles. The van der Waals surface area contributed by atoms with Gasteiger partial charge in [0.05, 0.1) is 0 Å². The van der Waals surface area contributed by atoms with E-state index in [0.29, 0.717) is 11.6 Å². The molecule has 14 heavy (non-hydrogen) atoms. The van der Waals surface area contributed by atoms with Gasteiger partial charge in [0.25, 0.3) is 0 Å². The monoisotopic (exact) mass is 198 g/mol. The van der Waals surface area contributed by atoms with Crippen LogP contribution in [0.5, 0.6) is 0 Å². The lowest BCUT2D eigenvalue weighted by Gasteiger charge is -2.26. The predicted octanol–water partition coefficient (Wildman–Crippen LogP) is 2.43. The van der Waals surface area contributed by atoms with Crippen LogP contribution >= 0.6 is 0 Å². The highest BCUT2D eigenvalue weighted by Gasteiger charge is 2.27. The molecule has 1 atom stereocenters. The average Bonchev–Trinajstić information content (AvgIpc) is 2.53. The largest absolute Gasteiger partial charge is 0.328 e. The van der Waals surface area contributed by atoms with Crippen LogP contribution < -0.4 is 11.1 Å². The van der Waals surface area contributed by atoms with Crippen LogP contribution in [-0.4, -0.2) is 18.1 Å². The number of nitrogens with one attached hydrogen (secondary N) is 1. The molecule has 0 aromatic rings. The summed E-state index contributed by atoms with van der Waals surface area (Å²) in [5, 5.41) is 3.67. The van der Waals surface area contributed by atoms with Crippen LogP contribution in [-0.2, 0) is 0 Å².